The molecule has 0 amide bonds. The van der Waals surface area contributed by atoms with Gasteiger partial charge in [-0.1, -0.05) is 153 Å². The Morgan fingerprint density at radius 3 is 1.76 bits per heavy atom. The van der Waals surface area contributed by atoms with Gasteiger partial charge in [0.2, 0.25) is 0 Å². The molecular formula is C55H38N4. The van der Waals surface area contributed by atoms with Crippen LogP contribution in [-0.4, -0.2) is 19.1 Å². The summed E-state index contributed by atoms with van der Waals surface area (Å²) in [5.41, 5.74) is 17.1. The quantitative estimate of drug-likeness (QED) is 0.175. The first-order valence-electron chi connectivity index (χ1n) is 20.3. The highest BCUT2D eigenvalue weighted by molar-refractivity contribution is 6.26. The fraction of sp³-hybridized carbons (Fsp3) is 0.0545. The van der Waals surface area contributed by atoms with Crippen molar-refractivity contribution in [1.29, 1.82) is 0 Å². The lowest BCUT2D eigenvalue weighted by Gasteiger charge is -2.22. The van der Waals surface area contributed by atoms with Crippen LogP contribution in [0.15, 0.2) is 194 Å². The maximum absolute atomic E-state index is 5.20. The van der Waals surface area contributed by atoms with Gasteiger partial charge in [-0.05, 0) is 76.9 Å². The van der Waals surface area contributed by atoms with E-state index in [1.165, 1.54) is 65.9 Å². The highest BCUT2D eigenvalue weighted by Crippen LogP contribution is 2.49. The van der Waals surface area contributed by atoms with Crippen LogP contribution < -0.4 is 0 Å². The third-order valence-electron chi connectivity index (χ3n) is 12.5. The molecule has 8 aromatic carbocycles. The molecule has 4 nitrogen and oxygen atoms in total. The molecule has 59 heavy (non-hydrogen) atoms. The van der Waals surface area contributed by atoms with E-state index in [-0.39, 0.29) is 5.41 Å². The van der Waals surface area contributed by atoms with Crippen molar-refractivity contribution in [2.75, 3.05) is 0 Å². The Morgan fingerprint density at radius 2 is 0.983 bits per heavy atom. The Bertz CT molecular complexity index is 3440. The first kappa shape index (κ1) is 33.6. The lowest BCUT2D eigenvalue weighted by atomic mass is 9.82. The molecule has 11 aromatic rings. The Balaban J connectivity index is 1.02. The van der Waals surface area contributed by atoms with Gasteiger partial charge in [0.15, 0.2) is 5.82 Å². The average molecular weight is 755 g/mol. The van der Waals surface area contributed by atoms with E-state index in [1.54, 1.807) is 0 Å². The van der Waals surface area contributed by atoms with Gasteiger partial charge in [0.25, 0.3) is 0 Å². The molecule has 0 unspecified atom stereocenters. The summed E-state index contributed by atoms with van der Waals surface area (Å²) in [6.45, 7) is 4.65. The zero-order valence-electron chi connectivity index (χ0n) is 32.8. The largest absolute Gasteiger partial charge is 0.309 e. The van der Waals surface area contributed by atoms with Gasteiger partial charge in [-0.25, -0.2) is 9.97 Å². The van der Waals surface area contributed by atoms with Gasteiger partial charge in [-0.3, -0.25) is 0 Å². The summed E-state index contributed by atoms with van der Waals surface area (Å²) in [6, 6.07) is 69.9. The minimum Gasteiger partial charge on any atom is -0.309 e. The monoisotopic (exact) mass is 754 g/mol. The molecule has 12 rings (SSSR count). The number of hydrogen-bond acceptors (Lipinski definition) is 2. The molecular weight excluding hydrogens is 717 g/mol. The smallest absolute Gasteiger partial charge is 0.160 e. The minimum atomic E-state index is -0.105. The maximum atomic E-state index is 5.20. The fourth-order valence-electron chi connectivity index (χ4n) is 9.74. The molecule has 0 N–H and O–H groups in total. The summed E-state index contributed by atoms with van der Waals surface area (Å²) in [7, 11) is 0. The fourth-order valence-corrected chi connectivity index (χ4v) is 9.74. The van der Waals surface area contributed by atoms with E-state index in [1.807, 2.05) is 18.2 Å². The predicted molar refractivity (Wildman–Crippen MR) is 245 cm³/mol. The Labute approximate surface area is 342 Å². The molecule has 0 bridgehead atoms. The number of rotatable bonds is 5. The van der Waals surface area contributed by atoms with Crippen molar-refractivity contribution in [2.24, 2.45) is 0 Å². The lowest BCUT2D eigenvalue weighted by Crippen LogP contribution is -2.14. The maximum Gasteiger partial charge on any atom is 0.160 e. The lowest BCUT2D eigenvalue weighted by molar-refractivity contribution is 0.660. The van der Waals surface area contributed by atoms with E-state index in [4.69, 9.17) is 9.97 Å². The van der Waals surface area contributed by atoms with Crippen LogP contribution >= 0.6 is 0 Å². The summed E-state index contributed by atoms with van der Waals surface area (Å²) in [4.78, 5) is 10.4. The first-order valence-corrected chi connectivity index (χ1v) is 20.3. The van der Waals surface area contributed by atoms with Gasteiger partial charge in [0.05, 0.1) is 33.5 Å². The molecule has 0 aliphatic heterocycles. The van der Waals surface area contributed by atoms with E-state index in [0.717, 1.165) is 39.5 Å². The Kier molecular flexibility index (Phi) is 7.24. The molecule has 1 aliphatic carbocycles. The zero-order valence-corrected chi connectivity index (χ0v) is 32.8. The zero-order chi connectivity index (χ0) is 39.2. The number of fused-ring (bicyclic) bond motifs is 10. The van der Waals surface area contributed by atoms with Crippen LogP contribution in [0.25, 0.3) is 100 Å². The van der Waals surface area contributed by atoms with Crippen molar-refractivity contribution >= 4 is 43.6 Å². The van der Waals surface area contributed by atoms with Crippen LogP contribution in [0, 0.1) is 0 Å². The highest BCUT2D eigenvalue weighted by atomic mass is 15.0. The van der Waals surface area contributed by atoms with Crippen molar-refractivity contribution < 1.29 is 0 Å². The van der Waals surface area contributed by atoms with E-state index in [9.17, 15) is 0 Å². The van der Waals surface area contributed by atoms with E-state index < -0.39 is 0 Å². The summed E-state index contributed by atoms with van der Waals surface area (Å²) < 4.78 is 4.84. The Hall–Kier alpha value is -7.56. The standard InChI is InChI=1S/C55H38N4/c1-55(2)45-22-12-9-19-40(45)41-30-27-37(33-46(41)55)48-34-47(56-54(57-48)36-15-5-3-6-16-36)35-25-28-39(29-26-35)58-50-24-14-11-21-44(50)52-51(58)32-31-43-42-20-10-13-23-49(42)59(53(43)52)38-17-7-4-8-18-38/h3-34H,1-2H3. The molecule has 0 fully saturated rings. The van der Waals surface area contributed by atoms with Crippen molar-refractivity contribution in [1.82, 2.24) is 19.1 Å². The second-order valence-electron chi connectivity index (χ2n) is 16.2. The number of aromatic nitrogens is 4. The molecule has 3 aromatic heterocycles. The van der Waals surface area contributed by atoms with Crippen LogP contribution in [0.4, 0.5) is 0 Å². The molecule has 0 spiro atoms. The van der Waals surface area contributed by atoms with Gasteiger partial charge in [0.1, 0.15) is 0 Å². The first-order chi connectivity index (χ1) is 29.0. The SMILES string of the molecule is CC1(C)c2ccccc2-c2ccc(-c3cc(-c4ccc(-n5c6ccccc6c6c5ccc5c7ccccc7n(-c7ccccc7)c56)cc4)nc(-c4ccccc4)n3)cc21. The van der Waals surface area contributed by atoms with Gasteiger partial charge < -0.3 is 9.13 Å². The minimum absolute atomic E-state index is 0.105. The van der Waals surface area contributed by atoms with Crippen LogP contribution in [0.2, 0.25) is 0 Å². The topological polar surface area (TPSA) is 35.6 Å². The summed E-state index contributed by atoms with van der Waals surface area (Å²) in [5.74, 6) is 0.713. The second kappa shape index (κ2) is 12.7. The van der Waals surface area contributed by atoms with Crippen LogP contribution in [0.3, 0.4) is 0 Å². The van der Waals surface area contributed by atoms with Gasteiger partial charge >= 0.3 is 0 Å². The van der Waals surface area contributed by atoms with E-state index >= 15 is 0 Å². The van der Waals surface area contributed by atoms with E-state index in [2.05, 4.69) is 199 Å². The molecule has 0 radical (unpaired) electrons. The van der Waals surface area contributed by atoms with Gasteiger partial charge in [0, 0.05) is 55.0 Å². The van der Waals surface area contributed by atoms with Gasteiger partial charge in [-0.2, -0.15) is 0 Å². The molecule has 0 saturated heterocycles. The third kappa shape index (κ3) is 5.03. The van der Waals surface area contributed by atoms with Crippen molar-refractivity contribution in [2.45, 2.75) is 19.3 Å². The van der Waals surface area contributed by atoms with E-state index in [0.29, 0.717) is 5.82 Å². The van der Waals surface area contributed by atoms with Crippen molar-refractivity contribution in [3.63, 3.8) is 0 Å². The highest BCUT2D eigenvalue weighted by Gasteiger charge is 2.35. The number of para-hydroxylation sites is 3. The van der Waals surface area contributed by atoms with Crippen molar-refractivity contribution in [3.8, 4) is 56.4 Å². The average Bonchev–Trinajstić information content (AvgIpc) is 3.90. The van der Waals surface area contributed by atoms with Crippen LogP contribution in [0.5, 0.6) is 0 Å². The predicted octanol–water partition coefficient (Wildman–Crippen LogP) is 14.0. The summed E-state index contributed by atoms with van der Waals surface area (Å²) in [5, 5.41) is 4.98. The molecule has 1 aliphatic rings. The molecule has 278 valence electrons. The number of hydrogen-bond donors (Lipinski definition) is 0. The normalized spacial score (nSPS) is 13.1. The summed E-state index contributed by atoms with van der Waals surface area (Å²) >= 11 is 0. The molecule has 4 heteroatoms. The van der Waals surface area contributed by atoms with Gasteiger partial charge in [-0.15, -0.1) is 0 Å². The van der Waals surface area contributed by atoms with Crippen LogP contribution in [0.1, 0.15) is 25.0 Å². The second-order valence-corrected chi connectivity index (χ2v) is 16.2. The number of nitrogens with zero attached hydrogens (tertiary/aromatic N) is 4. The van der Waals surface area contributed by atoms with Crippen LogP contribution in [-0.2, 0) is 5.41 Å². The summed E-state index contributed by atoms with van der Waals surface area (Å²) in [6.07, 6.45) is 0. The third-order valence-corrected chi connectivity index (χ3v) is 12.5. The molecule has 0 atom stereocenters. The molecule has 3 heterocycles. The van der Waals surface area contributed by atoms with Crippen molar-refractivity contribution in [3.05, 3.63) is 205 Å². The number of benzene rings is 8. The molecule has 0 saturated carbocycles. The Morgan fingerprint density at radius 1 is 0.390 bits per heavy atom.